The highest BCUT2D eigenvalue weighted by Gasteiger charge is 2.40. The summed E-state index contributed by atoms with van der Waals surface area (Å²) in [7, 11) is 0. The maximum atomic E-state index is 13.6. The predicted molar refractivity (Wildman–Crippen MR) is 112 cm³/mol. The van der Waals surface area contributed by atoms with Gasteiger partial charge in [0.2, 0.25) is 0 Å². The number of fused-ring (bicyclic) bond motifs is 4. The fourth-order valence-electron chi connectivity index (χ4n) is 4.04. The first-order chi connectivity index (χ1) is 14.7. The minimum atomic E-state index is -0.390. The molecule has 30 heavy (non-hydrogen) atoms. The molecule has 4 heterocycles. The van der Waals surface area contributed by atoms with Crippen LogP contribution < -0.4 is 4.90 Å². The molecule has 0 unspecified atom stereocenters. The molecule has 1 N–H and O–H groups in total. The van der Waals surface area contributed by atoms with Crippen molar-refractivity contribution in [1.82, 2.24) is 20.2 Å². The number of carbonyl (C=O) groups is 2. The Morgan fingerprint density at radius 3 is 2.60 bits per heavy atom. The number of benzene rings is 2. The lowest BCUT2D eigenvalue weighted by molar-refractivity contribution is 0.0927. The summed E-state index contributed by atoms with van der Waals surface area (Å²) >= 11 is 0. The fourth-order valence-corrected chi connectivity index (χ4v) is 4.04. The van der Waals surface area contributed by atoms with E-state index in [4.69, 9.17) is 0 Å². The number of anilines is 1. The van der Waals surface area contributed by atoms with E-state index in [9.17, 15) is 9.59 Å². The Balaban J connectivity index is 1.60. The van der Waals surface area contributed by atoms with Gasteiger partial charge in [-0.05, 0) is 23.6 Å². The molecule has 142 valence electrons. The Bertz CT molecular complexity index is 1480. The zero-order valence-electron chi connectivity index (χ0n) is 15.5. The molecule has 0 aliphatic carbocycles. The van der Waals surface area contributed by atoms with Crippen molar-refractivity contribution in [3.8, 4) is 11.3 Å². The van der Waals surface area contributed by atoms with Crippen molar-refractivity contribution in [3.63, 3.8) is 0 Å². The van der Waals surface area contributed by atoms with Crippen molar-refractivity contribution in [2.45, 2.75) is 0 Å². The van der Waals surface area contributed by atoms with Gasteiger partial charge < -0.3 is 0 Å². The molecule has 7 nitrogen and oxygen atoms in total. The highest BCUT2D eigenvalue weighted by molar-refractivity contribution is 6.39. The number of pyridine rings is 2. The number of nitrogens with zero attached hydrogens (tertiary/aromatic N) is 4. The van der Waals surface area contributed by atoms with Crippen molar-refractivity contribution in [1.29, 1.82) is 0 Å². The van der Waals surface area contributed by atoms with Crippen LogP contribution in [0.15, 0.2) is 73.2 Å². The molecule has 0 spiro atoms. The van der Waals surface area contributed by atoms with Crippen molar-refractivity contribution in [3.05, 3.63) is 84.3 Å². The molecule has 2 aromatic carbocycles. The molecule has 0 fully saturated rings. The predicted octanol–water partition coefficient (Wildman–Crippen LogP) is 3.97. The number of rotatable bonds is 2. The van der Waals surface area contributed by atoms with Gasteiger partial charge in [-0.25, -0.2) is 9.88 Å². The lowest BCUT2D eigenvalue weighted by Crippen LogP contribution is -2.29. The lowest BCUT2D eigenvalue weighted by Gasteiger charge is -2.16. The normalized spacial score (nSPS) is 13.4. The van der Waals surface area contributed by atoms with E-state index in [1.54, 1.807) is 24.5 Å². The third kappa shape index (κ3) is 2.17. The van der Waals surface area contributed by atoms with Crippen molar-refractivity contribution >= 4 is 39.3 Å². The quantitative estimate of drug-likeness (QED) is 0.460. The average Bonchev–Trinajstić information content (AvgIpc) is 3.33. The third-order valence-electron chi connectivity index (χ3n) is 5.39. The number of amides is 2. The Hall–Kier alpha value is -4.39. The Kier molecular flexibility index (Phi) is 3.34. The van der Waals surface area contributed by atoms with Gasteiger partial charge >= 0.3 is 0 Å². The van der Waals surface area contributed by atoms with Crippen LogP contribution in [0.5, 0.6) is 0 Å². The molecular formula is C23H13N5O2. The second-order valence-corrected chi connectivity index (χ2v) is 7.03. The summed E-state index contributed by atoms with van der Waals surface area (Å²) in [5.74, 6) is -0.774. The molecular weight excluding hydrogens is 378 g/mol. The topological polar surface area (TPSA) is 91.8 Å². The number of imide groups is 1. The number of nitrogens with one attached hydrogen (secondary N) is 1. The summed E-state index contributed by atoms with van der Waals surface area (Å²) in [6.45, 7) is 0. The van der Waals surface area contributed by atoms with Gasteiger partial charge in [0.25, 0.3) is 11.8 Å². The van der Waals surface area contributed by atoms with Gasteiger partial charge in [-0.15, -0.1) is 0 Å². The van der Waals surface area contributed by atoms with E-state index in [0.717, 1.165) is 16.3 Å². The first-order valence-electron chi connectivity index (χ1n) is 9.38. The molecule has 6 rings (SSSR count). The highest BCUT2D eigenvalue weighted by Crippen LogP contribution is 2.38. The van der Waals surface area contributed by atoms with Crippen LogP contribution in [0.25, 0.3) is 33.1 Å². The summed E-state index contributed by atoms with van der Waals surface area (Å²) in [6.07, 6.45) is 4.77. The molecule has 0 radical (unpaired) electrons. The molecule has 0 saturated heterocycles. The zero-order valence-corrected chi connectivity index (χ0v) is 15.5. The van der Waals surface area contributed by atoms with E-state index in [1.165, 1.54) is 11.1 Å². The summed E-state index contributed by atoms with van der Waals surface area (Å²) in [4.78, 5) is 36.5. The molecule has 7 heteroatoms. The highest BCUT2D eigenvalue weighted by atomic mass is 16.2. The fraction of sp³-hybridized carbons (Fsp3) is 0. The molecule has 3 aromatic heterocycles. The Morgan fingerprint density at radius 2 is 1.73 bits per heavy atom. The van der Waals surface area contributed by atoms with Gasteiger partial charge in [0, 0.05) is 29.5 Å². The molecule has 0 atom stereocenters. The zero-order chi connectivity index (χ0) is 20.2. The van der Waals surface area contributed by atoms with Crippen molar-refractivity contribution in [2.24, 2.45) is 0 Å². The molecule has 1 aliphatic rings. The number of hydrogen-bond donors (Lipinski definition) is 1. The molecule has 0 saturated carbocycles. The molecule has 2 amide bonds. The van der Waals surface area contributed by atoms with Gasteiger partial charge in [-0.3, -0.25) is 19.7 Å². The van der Waals surface area contributed by atoms with E-state index in [0.29, 0.717) is 28.0 Å². The monoisotopic (exact) mass is 391 g/mol. The van der Waals surface area contributed by atoms with Crippen molar-refractivity contribution < 1.29 is 9.59 Å². The third-order valence-corrected chi connectivity index (χ3v) is 5.39. The number of hydrogen-bond acceptors (Lipinski definition) is 5. The standard InChI is InChI=1S/C23H13N5O2/c29-22-16-12-25-21-19(20(26-27-21)14-7-4-10-24-11-14)18(16)23(30)28(22)17-9-3-6-13-5-1-2-8-15(13)17/h1-12H,(H,25,26,27). The molecule has 5 aromatic rings. The van der Waals surface area contributed by atoms with Crippen molar-refractivity contribution in [2.75, 3.05) is 4.90 Å². The number of aromatic amines is 1. The van der Waals surface area contributed by atoms with E-state index < -0.39 is 0 Å². The number of H-pyrrole nitrogens is 1. The lowest BCUT2D eigenvalue weighted by atomic mass is 10.0. The van der Waals surface area contributed by atoms with E-state index in [1.807, 2.05) is 42.5 Å². The number of carbonyl (C=O) groups excluding carboxylic acids is 2. The minimum Gasteiger partial charge on any atom is -0.275 e. The van der Waals surface area contributed by atoms with Crippen LogP contribution in [0, 0.1) is 0 Å². The first-order valence-corrected chi connectivity index (χ1v) is 9.38. The summed E-state index contributed by atoms with van der Waals surface area (Å²) in [5, 5.41) is 9.49. The van der Waals surface area contributed by atoms with Gasteiger partial charge in [-0.1, -0.05) is 36.4 Å². The maximum absolute atomic E-state index is 13.6. The summed E-state index contributed by atoms with van der Waals surface area (Å²) in [5.41, 5.74) is 2.90. The minimum absolute atomic E-state index is 0.270. The van der Waals surface area contributed by atoms with Crippen LogP contribution >= 0.6 is 0 Å². The van der Waals surface area contributed by atoms with Crippen LogP contribution in [0.4, 0.5) is 5.69 Å². The van der Waals surface area contributed by atoms with Gasteiger partial charge in [-0.2, -0.15) is 5.10 Å². The van der Waals surface area contributed by atoms with E-state index in [2.05, 4.69) is 20.2 Å². The van der Waals surface area contributed by atoms with E-state index >= 15 is 0 Å². The summed E-state index contributed by atoms with van der Waals surface area (Å²) in [6, 6.07) is 16.9. The molecule has 0 bridgehead atoms. The first kappa shape index (κ1) is 16.6. The van der Waals surface area contributed by atoms with Crippen LogP contribution in [0.2, 0.25) is 0 Å². The summed E-state index contributed by atoms with van der Waals surface area (Å²) < 4.78 is 0. The van der Waals surface area contributed by atoms with Gasteiger partial charge in [0.15, 0.2) is 5.65 Å². The Labute approximate surface area is 170 Å². The smallest absolute Gasteiger partial charge is 0.267 e. The van der Waals surface area contributed by atoms with Crippen LogP contribution in [0.3, 0.4) is 0 Å². The molecule has 1 aliphatic heterocycles. The second-order valence-electron chi connectivity index (χ2n) is 7.03. The SMILES string of the molecule is O=C1c2cnc3n[nH]c(-c4cccnc4)c3c2C(=O)N1c1cccc2ccccc12. The van der Waals surface area contributed by atoms with Crippen LogP contribution in [-0.2, 0) is 0 Å². The maximum Gasteiger partial charge on any atom is 0.267 e. The van der Waals surface area contributed by atoms with Crippen LogP contribution in [-0.4, -0.2) is 32.0 Å². The van der Waals surface area contributed by atoms with Gasteiger partial charge in [0.1, 0.15) is 0 Å². The van der Waals surface area contributed by atoms with Gasteiger partial charge in [0.05, 0.1) is 27.9 Å². The largest absolute Gasteiger partial charge is 0.275 e. The van der Waals surface area contributed by atoms with Crippen LogP contribution in [0.1, 0.15) is 20.7 Å². The average molecular weight is 391 g/mol. The second kappa shape index (κ2) is 6.05. The number of aromatic nitrogens is 4. The Morgan fingerprint density at radius 1 is 0.867 bits per heavy atom. The van der Waals surface area contributed by atoms with E-state index in [-0.39, 0.29) is 17.4 Å².